The average Bonchev–Trinajstić information content (AvgIpc) is 2.77. The molecule has 1 aromatic carbocycles. The van der Waals surface area contributed by atoms with E-state index in [-0.39, 0.29) is 11.8 Å². The number of nitrogens with zero attached hydrogens (tertiary/aromatic N) is 3. The Labute approximate surface area is 111 Å². The number of carbonyl (C=O) groups excluding carboxylic acids is 1. The van der Waals surface area contributed by atoms with Gasteiger partial charge >= 0.3 is 0 Å². The fourth-order valence-electron chi connectivity index (χ4n) is 2.46. The molecule has 1 N–H and O–H groups in total. The first-order chi connectivity index (χ1) is 9.17. The molecule has 0 aromatic heterocycles. The summed E-state index contributed by atoms with van der Waals surface area (Å²) in [6, 6.07) is 5.94. The van der Waals surface area contributed by atoms with E-state index in [0.29, 0.717) is 6.42 Å². The molecule has 2 aliphatic heterocycles. The van der Waals surface area contributed by atoms with Crippen molar-refractivity contribution in [2.45, 2.75) is 26.7 Å². The number of aliphatic imine (C=N–C) groups is 1. The van der Waals surface area contributed by atoms with E-state index in [1.54, 1.807) is 0 Å². The molecule has 0 spiro atoms. The number of nitrogens with one attached hydrogen (secondary N) is 1. The van der Waals surface area contributed by atoms with Crippen LogP contribution in [0.3, 0.4) is 0 Å². The normalized spacial score (nSPS) is 21.2. The molecule has 1 atom stereocenters. The Kier molecular flexibility index (Phi) is 2.81. The van der Waals surface area contributed by atoms with Crippen molar-refractivity contribution in [3.8, 4) is 0 Å². The molecule has 0 saturated carbocycles. The summed E-state index contributed by atoms with van der Waals surface area (Å²) >= 11 is 0. The Morgan fingerprint density at radius 1 is 1.37 bits per heavy atom. The zero-order chi connectivity index (χ0) is 13.4. The average molecular weight is 255 g/mol. The first-order valence-corrected chi connectivity index (χ1v) is 6.45. The standard InChI is InChI=1S/C14H15N4O/c1-3-9-7-13(19)17-18-14(9)10-4-5-11-12(6-10)16-8(2)15-11/h4-6,9H,3,7H2,1-2H3,(H,17,19). The zero-order valence-corrected chi connectivity index (χ0v) is 11.0. The van der Waals surface area contributed by atoms with Gasteiger partial charge in [0.25, 0.3) is 0 Å². The van der Waals surface area contributed by atoms with Crippen LogP contribution in [-0.4, -0.2) is 17.5 Å². The highest BCUT2D eigenvalue weighted by molar-refractivity contribution is 6.07. The van der Waals surface area contributed by atoms with Gasteiger partial charge in [0.05, 0.1) is 17.1 Å². The molecule has 1 radical (unpaired) electrons. The maximum Gasteiger partial charge on any atom is 0.240 e. The predicted octanol–water partition coefficient (Wildman–Crippen LogP) is 2.24. The third-order valence-electron chi connectivity index (χ3n) is 3.45. The van der Waals surface area contributed by atoms with Gasteiger partial charge in [0.15, 0.2) is 0 Å². The lowest BCUT2D eigenvalue weighted by Crippen LogP contribution is -2.33. The van der Waals surface area contributed by atoms with E-state index in [0.717, 1.165) is 34.9 Å². The summed E-state index contributed by atoms with van der Waals surface area (Å²) in [5.41, 5.74) is 6.29. The van der Waals surface area contributed by atoms with Crippen molar-refractivity contribution in [3.63, 3.8) is 0 Å². The van der Waals surface area contributed by atoms with Gasteiger partial charge in [-0.2, -0.15) is 5.10 Å². The van der Waals surface area contributed by atoms with Crippen molar-refractivity contribution in [2.24, 2.45) is 16.0 Å². The van der Waals surface area contributed by atoms with Gasteiger partial charge in [0.1, 0.15) is 5.84 Å². The maximum atomic E-state index is 11.4. The molecule has 5 nitrogen and oxygen atoms in total. The Bertz CT molecular complexity index is 603. The van der Waals surface area contributed by atoms with Crippen LogP contribution in [0.5, 0.6) is 0 Å². The summed E-state index contributed by atoms with van der Waals surface area (Å²) in [4.78, 5) is 15.8. The van der Waals surface area contributed by atoms with E-state index in [4.69, 9.17) is 0 Å². The predicted molar refractivity (Wildman–Crippen MR) is 74.1 cm³/mol. The van der Waals surface area contributed by atoms with Crippen molar-refractivity contribution in [2.75, 3.05) is 0 Å². The molecule has 1 amide bonds. The monoisotopic (exact) mass is 255 g/mol. The summed E-state index contributed by atoms with van der Waals surface area (Å²) in [6.07, 6.45) is 1.40. The van der Waals surface area contributed by atoms with Gasteiger partial charge in [-0.25, -0.2) is 15.7 Å². The molecule has 97 valence electrons. The number of rotatable bonds is 2. The van der Waals surface area contributed by atoms with Crippen LogP contribution < -0.4 is 10.7 Å². The Hall–Kier alpha value is -2.17. The third kappa shape index (κ3) is 2.12. The third-order valence-corrected chi connectivity index (χ3v) is 3.45. The van der Waals surface area contributed by atoms with Gasteiger partial charge in [-0.15, -0.1) is 0 Å². The summed E-state index contributed by atoms with van der Waals surface area (Å²) in [5.74, 6) is 0.939. The lowest BCUT2D eigenvalue weighted by molar-refractivity contribution is -0.122. The van der Waals surface area contributed by atoms with Crippen LogP contribution in [0.15, 0.2) is 28.3 Å². The molecule has 0 aliphatic carbocycles. The molecule has 19 heavy (non-hydrogen) atoms. The lowest BCUT2D eigenvalue weighted by Gasteiger charge is -2.21. The van der Waals surface area contributed by atoms with E-state index >= 15 is 0 Å². The first kappa shape index (κ1) is 11.9. The number of fused-ring (bicyclic) bond motifs is 1. The second-order valence-corrected chi connectivity index (χ2v) is 4.82. The Morgan fingerprint density at radius 3 is 3.00 bits per heavy atom. The fourth-order valence-corrected chi connectivity index (χ4v) is 2.46. The number of amidine groups is 1. The minimum Gasteiger partial charge on any atom is -0.273 e. The molecule has 2 heterocycles. The minimum absolute atomic E-state index is 0.0133. The van der Waals surface area contributed by atoms with Crippen molar-refractivity contribution < 1.29 is 4.79 Å². The Morgan fingerprint density at radius 2 is 2.21 bits per heavy atom. The van der Waals surface area contributed by atoms with Crippen LogP contribution in [0.25, 0.3) is 0 Å². The van der Waals surface area contributed by atoms with Gasteiger partial charge in [0, 0.05) is 17.9 Å². The molecule has 0 saturated heterocycles. The second kappa shape index (κ2) is 4.50. The summed E-state index contributed by atoms with van der Waals surface area (Å²) in [5, 5.41) is 8.55. The summed E-state index contributed by atoms with van der Waals surface area (Å²) in [7, 11) is 0. The number of amides is 1. The van der Waals surface area contributed by atoms with E-state index in [2.05, 4.69) is 27.8 Å². The summed E-state index contributed by atoms with van der Waals surface area (Å²) in [6.45, 7) is 3.96. The highest BCUT2D eigenvalue weighted by Crippen LogP contribution is 2.32. The molecule has 0 fully saturated rings. The maximum absolute atomic E-state index is 11.4. The van der Waals surface area contributed by atoms with Crippen LogP contribution >= 0.6 is 0 Å². The highest BCUT2D eigenvalue weighted by atomic mass is 16.2. The first-order valence-electron chi connectivity index (χ1n) is 6.45. The molecule has 3 rings (SSSR count). The van der Waals surface area contributed by atoms with Crippen molar-refractivity contribution in [1.29, 1.82) is 0 Å². The highest BCUT2D eigenvalue weighted by Gasteiger charge is 2.25. The summed E-state index contributed by atoms with van der Waals surface area (Å²) < 4.78 is 0. The number of carbonyl (C=O) groups is 1. The lowest BCUT2D eigenvalue weighted by atomic mass is 9.90. The fraction of sp³-hybridized carbons (Fsp3) is 0.357. The van der Waals surface area contributed by atoms with Crippen molar-refractivity contribution in [1.82, 2.24) is 10.7 Å². The largest absolute Gasteiger partial charge is 0.273 e. The van der Waals surface area contributed by atoms with Crippen LogP contribution in [0.2, 0.25) is 0 Å². The molecular formula is C14H15N4O. The second-order valence-electron chi connectivity index (χ2n) is 4.82. The van der Waals surface area contributed by atoms with E-state index in [1.807, 2.05) is 25.1 Å². The van der Waals surface area contributed by atoms with Crippen LogP contribution in [-0.2, 0) is 4.79 Å². The minimum atomic E-state index is -0.0133. The Balaban J connectivity index is 1.98. The number of hydrogen-bond donors (Lipinski definition) is 1. The van der Waals surface area contributed by atoms with Crippen molar-refractivity contribution in [3.05, 3.63) is 23.8 Å². The van der Waals surface area contributed by atoms with Gasteiger partial charge in [-0.1, -0.05) is 13.0 Å². The van der Waals surface area contributed by atoms with Crippen LogP contribution in [0, 0.1) is 5.92 Å². The molecule has 5 heteroatoms. The SMILES string of the molecule is CCC1CC(=O)NN=C1c1ccc2c(c1)N=C(C)[N]2. The molecule has 1 unspecified atom stereocenters. The van der Waals surface area contributed by atoms with Crippen LogP contribution in [0.1, 0.15) is 32.3 Å². The molecule has 2 aliphatic rings. The smallest absolute Gasteiger partial charge is 0.240 e. The molecule has 0 bridgehead atoms. The van der Waals surface area contributed by atoms with Gasteiger partial charge in [-0.3, -0.25) is 4.79 Å². The van der Waals surface area contributed by atoms with E-state index in [1.165, 1.54) is 0 Å². The number of hydrogen-bond acceptors (Lipinski definition) is 3. The van der Waals surface area contributed by atoms with Crippen LogP contribution in [0.4, 0.5) is 11.4 Å². The van der Waals surface area contributed by atoms with E-state index < -0.39 is 0 Å². The zero-order valence-electron chi connectivity index (χ0n) is 11.0. The van der Waals surface area contributed by atoms with Gasteiger partial charge < -0.3 is 0 Å². The molecular weight excluding hydrogens is 240 g/mol. The topological polar surface area (TPSA) is 67.9 Å². The van der Waals surface area contributed by atoms with E-state index in [9.17, 15) is 4.79 Å². The quantitative estimate of drug-likeness (QED) is 0.865. The van der Waals surface area contributed by atoms with Crippen molar-refractivity contribution >= 4 is 28.8 Å². The van der Waals surface area contributed by atoms with Gasteiger partial charge in [0.2, 0.25) is 5.91 Å². The number of hydrazone groups is 1. The number of benzene rings is 1. The molecule has 1 aromatic rings. The van der Waals surface area contributed by atoms with Gasteiger partial charge in [-0.05, 0) is 25.5 Å².